The molecule has 2 heterocycles. The maximum atomic E-state index is 12.5. The minimum Gasteiger partial charge on any atom is -0.294 e. The van der Waals surface area contributed by atoms with Crippen LogP contribution in [0.1, 0.15) is 34.5 Å². The molecule has 18 heavy (non-hydrogen) atoms. The number of aryl methyl sites for hydroxylation is 2. The first-order valence-electron chi connectivity index (χ1n) is 5.04. The molecule has 0 atom stereocenters. The Morgan fingerprint density at radius 2 is 1.83 bits per heavy atom. The highest BCUT2D eigenvalue weighted by Gasteiger charge is 2.37. The summed E-state index contributed by atoms with van der Waals surface area (Å²) in [6, 6.07) is 0. The highest BCUT2D eigenvalue weighted by molar-refractivity contribution is 5.96. The van der Waals surface area contributed by atoms with Crippen molar-refractivity contribution in [1.82, 2.24) is 19.6 Å². The molecule has 2 aromatic heterocycles. The van der Waals surface area contributed by atoms with Crippen molar-refractivity contribution in [2.45, 2.75) is 26.9 Å². The van der Waals surface area contributed by atoms with Crippen LogP contribution in [-0.4, -0.2) is 25.4 Å². The fraction of sp³-hybridized carbons (Fsp3) is 0.400. The van der Waals surface area contributed by atoms with E-state index in [-0.39, 0.29) is 17.1 Å². The zero-order valence-electron chi connectivity index (χ0n) is 9.83. The average Bonchev–Trinajstić information content (AvgIpc) is 2.60. The molecule has 0 radical (unpaired) electrons. The van der Waals surface area contributed by atoms with Crippen molar-refractivity contribution < 1.29 is 18.0 Å². The molecule has 0 amide bonds. The van der Waals surface area contributed by atoms with Crippen LogP contribution in [0.2, 0.25) is 0 Å². The van der Waals surface area contributed by atoms with Crippen molar-refractivity contribution in [3.05, 3.63) is 22.8 Å². The molecule has 0 bridgehead atoms. The predicted octanol–water partition coefficient (Wildman–Crippen LogP) is 1.96. The molecule has 0 aliphatic carbocycles. The predicted molar refractivity (Wildman–Crippen MR) is 55.3 cm³/mol. The topological polar surface area (TPSA) is 60.2 Å². The number of ketones is 1. The molecule has 0 aromatic carbocycles. The van der Waals surface area contributed by atoms with Gasteiger partial charge in [-0.05, 0) is 20.8 Å². The zero-order chi connectivity index (χ0) is 13.7. The Kier molecular flexibility index (Phi) is 2.60. The molecular formula is C10H9F3N4O. The number of aromatic nitrogens is 4. The Labute approximate surface area is 99.7 Å². The summed E-state index contributed by atoms with van der Waals surface area (Å²) in [5.41, 5.74) is 0.905. The van der Waals surface area contributed by atoms with Gasteiger partial charge in [-0.1, -0.05) is 0 Å². The third kappa shape index (κ3) is 1.83. The molecule has 0 unspecified atom stereocenters. The number of carbonyl (C=O) groups is 1. The SMILES string of the molecule is CC(=O)c1c(C)nc2nc(C(F)(F)F)nn2c1C. The zero-order valence-corrected chi connectivity index (χ0v) is 9.83. The van der Waals surface area contributed by atoms with Crippen LogP contribution in [0, 0.1) is 13.8 Å². The van der Waals surface area contributed by atoms with Crippen LogP contribution >= 0.6 is 0 Å². The van der Waals surface area contributed by atoms with E-state index >= 15 is 0 Å². The Balaban J connectivity index is 2.79. The summed E-state index contributed by atoms with van der Waals surface area (Å²) in [5, 5.41) is 3.33. The molecule has 2 rings (SSSR count). The van der Waals surface area contributed by atoms with Gasteiger partial charge in [0.2, 0.25) is 0 Å². The molecule has 0 N–H and O–H groups in total. The first-order valence-corrected chi connectivity index (χ1v) is 5.04. The van der Waals surface area contributed by atoms with E-state index in [1.807, 2.05) is 0 Å². The van der Waals surface area contributed by atoms with E-state index in [0.29, 0.717) is 11.4 Å². The van der Waals surface area contributed by atoms with Crippen LogP contribution in [0.15, 0.2) is 0 Å². The lowest BCUT2D eigenvalue weighted by atomic mass is 10.1. The summed E-state index contributed by atoms with van der Waals surface area (Å²) in [7, 11) is 0. The first-order chi connectivity index (χ1) is 8.21. The van der Waals surface area contributed by atoms with E-state index in [9.17, 15) is 18.0 Å². The van der Waals surface area contributed by atoms with Gasteiger partial charge < -0.3 is 0 Å². The Morgan fingerprint density at radius 3 is 2.33 bits per heavy atom. The monoisotopic (exact) mass is 258 g/mol. The van der Waals surface area contributed by atoms with Crippen molar-refractivity contribution in [1.29, 1.82) is 0 Å². The fourth-order valence-corrected chi connectivity index (χ4v) is 1.80. The van der Waals surface area contributed by atoms with Crippen molar-refractivity contribution >= 4 is 11.6 Å². The highest BCUT2D eigenvalue weighted by Crippen LogP contribution is 2.27. The average molecular weight is 258 g/mol. The van der Waals surface area contributed by atoms with Gasteiger partial charge in [0.15, 0.2) is 5.78 Å². The van der Waals surface area contributed by atoms with Crippen LogP contribution in [-0.2, 0) is 6.18 Å². The third-order valence-electron chi connectivity index (χ3n) is 2.50. The number of nitrogens with zero attached hydrogens (tertiary/aromatic N) is 4. The van der Waals surface area contributed by atoms with Gasteiger partial charge in [0, 0.05) is 0 Å². The Hall–Kier alpha value is -1.99. The van der Waals surface area contributed by atoms with Crippen molar-refractivity contribution in [3.63, 3.8) is 0 Å². The lowest BCUT2D eigenvalue weighted by Gasteiger charge is -2.06. The van der Waals surface area contributed by atoms with E-state index in [1.54, 1.807) is 6.92 Å². The normalized spacial score (nSPS) is 12.1. The van der Waals surface area contributed by atoms with Crippen LogP contribution in [0.25, 0.3) is 5.78 Å². The lowest BCUT2D eigenvalue weighted by molar-refractivity contribution is -0.144. The fourth-order valence-electron chi connectivity index (χ4n) is 1.80. The molecule has 0 spiro atoms. The summed E-state index contributed by atoms with van der Waals surface area (Å²) < 4.78 is 38.4. The molecule has 0 fully saturated rings. The van der Waals surface area contributed by atoms with Crippen molar-refractivity contribution in [3.8, 4) is 0 Å². The maximum Gasteiger partial charge on any atom is 0.453 e. The second-order valence-corrected chi connectivity index (χ2v) is 3.86. The van der Waals surface area contributed by atoms with Crippen molar-refractivity contribution in [2.75, 3.05) is 0 Å². The maximum absolute atomic E-state index is 12.5. The molecule has 5 nitrogen and oxygen atoms in total. The number of carbonyl (C=O) groups excluding carboxylic acids is 1. The van der Waals surface area contributed by atoms with Gasteiger partial charge >= 0.3 is 6.18 Å². The van der Waals surface area contributed by atoms with Crippen LogP contribution in [0.4, 0.5) is 13.2 Å². The number of hydrogen-bond donors (Lipinski definition) is 0. The summed E-state index contributed by atoms with van der Waals surface area (Å²) in [4.78, 5) is 18.6. The lowest BCUT2D eigenvalue weighted by Crippen LogP contribution is -2.10. The van der Waals surface area contributed by atoms with Crippen LogP contribution < -0.4 is 0 Å². The molecule has 2 aromatic rings. The molecule has 0 saturated heterocycles. The van der Waals surface area contributed by atoms with Gasteiger partial charge in [0.25, 0.3) is 11.6 Å². The minimum atomic E-state index is -4.63. The van der Waals surface area contributed by atoms with E-state index in [4.69, 9.17) is 0 Å². The summed E-state index contributed by atoms with van der Waals surface area (Å²) in [6.07, 6.45) is -4.63. The second-order valence-electron chi connectivity index (χ2n) is 3.86. The summed E-state index contributed by atoms with van der Waals surface area (Å²) in [6.45, 7) is 4.38. The number of fused-ring (bicyclic) bond motifs is 1. The number of alkyl halides is 3. The van der Waals surface area contributed by atoms with E-state index in [1.165, 1.54) is 13.8 Å². The van der Waals surface area contributed by atoms with E-state index in [2.05, 4.69) is 15.1 Å². The molecule has 8 heteroatoms. The number of hydrogen-bond acceptors (Lipinski definition) is 4. The second kappa shape index (κ2) is 3.76. The van der Waals surface area contributed by atoms with Gasteiger partial charge in [-0.3, -0.25) is 4.79 Å². The highest BCUT2D eigenvalue weighted by atomic mass is 19.4. The van der Waals surface area contributed by atoms with E-state index < -0.39 is 12.0 Å². The Bertz CT molecular complexity index is 645. The number of rotatable bonds is 1. The Morgan fingerprint density at radius 1 is 1.22 bits per heavy atom. The van der Waals surface area contributed by atoms with Gasteiger partial charge in [0.1, 0.15) is 0 Å². The number of Topliss-reactive ketones (excluding diaryl/α,β-unsaturated/α-hetero) is 1. The molecule has 0 aliphatic heterocycles. The minimum absolute atomic E-state index is 0.165. The number of halogens is 3. The van der Waals surface area contributed by atoms with Gasteiger partial charge in [0.05, 0.1) is 17.0 Å². The van der Waals surface area contributed by atoms with Crippen molar-refractivity contribution in [2.24, 2.45) is 0 Å². The van der Waals surface area contributed by atoms with Gasteiger partial charge in [-0.2, -0.15) is 18.2 Å². The van der Waals surface area contributed by atoms with Gasteiger partial charge in [-0.15, -0.1) is 5.10 Å². The van der Waals surface area contributed by atoms with Crippen LogP contribution in [0.3, 0.4) is 0 Å². The smallest absolute Gasteiger partial charge is 0.294 e. The molecule has 0 aliphatic rings. The summed E-state index contributed by atoms with van der Waals surface area (Å²) >= 11 is 0. The van der Waals surface area contributed by atoms with E-state index in [0.717, 1.165) is 4.52 Å². The molecule has 0 saturated carbocycles. The quantitative estimate of drug-likeness (QED) is 0.733. The standard InChI is InChI=1S/C10H9F3N4O/c1-4-7(6(3)18)5(2)17-9(14-4)15-8(16-17)10(11,12)13/h1-3H3. The first kappa shape index (κ1) is 12.5. The third-order valence-corrected chi connectivity index (χ3v) is 2.50. The molecular weight excluding hydrogens is 249 g/mol. The summed E-state index contributed by atoms with van der Waals surface area (Å²) in [5.74, 6) is -1.70. The van der Waals surface area contributed by atoms with Crippen LogP contribution in [0.5, 0.6) is 0 Å². The molecule has 96 valence electrons. The largest absolute Gasteiger partial charge is 0.453 e. The van der Waals surface area contributed by atoms with Gasteiger partial charge in [-0.25, -0.2) is 9.50 Å².